The van der Waals surface area contributed by atoms with Gasteiger partial charge < -0.3 is 5.32 Å². The van der Waals surface area contributed by atoms with Gasteiger partial charge in [0, 0.05) is 42.3 Å². The van der Waals surface area contributed by atoms with E-state index < -0.39 is 0 Å². The summed E-state index contributed by atoms with van der Waals surface area (Å²) in [7, 11) is 0. The molecule has 1 aliphatic heterocycles. The van der Waals surface area contributed by atoms with E-state index in [-0.39, 0.29) is 5.82 Å². The number of benzene rings is 1. The van der Waals surface area contributed by atoms with Crippen molar-refractivity contribution in [2.45, 2.75) is 45.8 Å². The second kappa shape index (κ2) is 6.88. The van der Waals surface area contributed by atoms with E-state index in [0.717, 1.165) is 19.5 Å². The Hall–Kier alpha value is -0.640. The number of nitrogens with zero attached hydrogens (tertiary/aromatic N) is 1. The molecule has 0 radical (unpaired) electrons. The van der Waals surface area contributed by atoms with Crippen LogP contribution in [0.5, 0.6) is 0 Å². The SMILES string of the molecule is CCC1CNC(C(C)C)CN1Cc1cc(Cl)ccc1F. The van der Waals surface area contributed by atoms with E-state index in [2.05, 4.69) is 31.0 Å². The molecule has 0 bridgehead atoms. The van der Waals surface area contributed by atoms with Crippen molar-refractivity contribution in [1.29, 1.82) is 0 Å². The van der Waals surface area contributed by atoms with Crippen LogP contribution in [-0.2, 0) is 6.54 Å². The van der Waals surface area contributed by atoms with Crippen molar-refractivity contribution in [3.63, 3.8) is 0 Å². The summed E-state index contributed by atoms with van der Waals surface area (Å²) in [6, 6.07) is 5.74. The van der Waals surface area contributed by atoms with Gasteiger partial charge in [-0.15, -0.1) is 0 Å². The first-order valence-corrected chi connectivity index (χ1v) is 7.80. The van der Waals surface area contributed by atoms with Gasteiger partial charge in [-0.05, 0) is 30.5 Å². The van der Waals surface area contributed by atoms with Gasteiger partial charge in [0.2, 0.25) is 0 Å². The molecule has 1 aliphatic rings. The quantitative estimate of drug-likeness (QED) is 0.912. The third kappa shape index (κ3) is 3.72. The number of halogens is 2. The Bertz CT molecular complexity index is 450. The molecule has 1 aromatic carbocycles. The summed E-state index contributed by atoms with van der Waals surface area (Å²) in [5.41, 5.74) is 0.695. The average molecular weight is 299 g/mol. The Morgan fingerprint density at radius 1 is 1.45 bits per heavy atom. The molecular weight excluding hydrogens is 275 g/mol. The van der Waals surface area contributed by atoms with Crippen molar-refractivity contribution >= 4 is 11.6 Å². The lowest BCUT2D eigenvalue weighted by Gasteiger charge is -2.41. The fourth-order valence-corrected chi connectivity index (χ4v) is 3.00. The molecule has 2 nitrogen and oxygen atoms in total. The van der Waals surface area contributed by atoms with E-state index >= 15 is 0 Å². The first kappa shape index (κ1) is 15.7. The monoisotopic (exact) mass is 298 g/mol. The number of hydrogen-bond acceptors (Lipinski definition) is 2. The molecule has 0 spiro atoms. The van der Waals surface area contributed by atoms with Crippen LogP contribution in [0.15, 0.2) is 18.2 Å². The predicted molar refractivity (Wildman–Crippen MR) is 82.5 cm³/mol. The summed E-state index contributed by atoms with van der Waals surface area (Å²) < 4.78 is 13.9. The zero-order valence-electron chi connectivity index (χ0n) is 12.5. The van der Waals surface area contributed by atoms with E-state index in [1.54, 1.807) is 12.1 Å². The fourth-order valence-electron chi connectivity index (χ4n) is 2.81. The summed E-state index contributed by atoms with van der Waals surface area (Å²) in [5, 5.41) is 4.20. The first-order chi connectivity index (χ1) is 9.51. The maximum absolute atomic E-state index is 13.9. The standard InChI is InChI=1S/C16H24ClFN2/c1-4-14-8-19-16(11(2)3)10-20(14)9-12-7-13(17)5-6-15(12)18/h5-7,11,14,16,19H,4,8-10H2,1-3H3. The molecule has 2 unspecified atom stereocenters. The van der Waals surface area contributed by atoms with Crippen molar-refractivity contribution < 1.29 is 4.39 Å². The van der Waals surface area contributed by atoms with Gasteiger partial charge in [0.15, 0.2) is 0 Å². The van der Waals surface area contributed by atoms with E-state index in [0.29, 0.717) is 35.1 Å². The molecule has 112 valence electrons. The highest BCUT2D eigenvalue weighted by Gasteiger charge is 2.28. The fraction of sp³-hybridized carbons (Fsp3) is 0.625. The molecule has 2 rings (SSSR count). The maximum Gasteiger partial charge on any atom is 0.127 e. The highest BCUT2D eigenvalue weighted by atomic mass is 35.5. The molecule has 1 saturated heterocycles. The van der Waals surface area contributed by atoms with Gasteiger partial charge in [0.25, 0.3) is 0 Å². The van der Waals surface area contributed by atoms with Crippen LogP contribution < -0.4 is 5.32 Å². The molecule has 20 heavy (non-hydrogen) atoms. The largest absolute Gasteiger partial charge is 0.311 e. The van der Waals surface area contributed by atoms with E-state index in [1.807, 2.05) is 0 Å². The molecule has 4 heteroatoms. The number of rotatable bonds is 4. The molecule has 1 aromatic rings. The van der Waals surface area contributed by atoms with Gasteiger partial charge in [-0.1, -0.05) is 32.4 Å². The molecule has 1 heterocycles. The zero-order chi connectivity index (χ0) is 14.7. The van der Waals surface area contributed by atoms with Crippen molar-refractivity contribution in [1.82, 2.24) is 10.2 Å². The lowest BCUT2D eigenvalue weighted by Crippen LogP contribution is -2.57. The van der Waals surface area contributed by atoms with Crippen LogP contribution in [0.3, 0.4) is 0 Å². The highest BCUT2D eigenvalue weighted by molar-refractivity contribution is 6.30. The summed E-state index contributed by atoms with van der Waals surface area (Å²) in [6.45, 7) is 9.20. The minimum atomic E-state index is -0.163. The van der Waals surface area contributed by atoms with Crippen LogP contribution in [0.1, 0.15) is 32.8 Å². The van der Waals surface area contributed by atoms with Crippen molar-refractivity contribution in [3.05, 3.63) is 34.6 Å². The smallest absolute Gasteiger partial charge is 0.127 e. The van der Waals surface area contributed by atoms with Gasteiger partial charge in [0.05, 0.1) is 0 Å². The summed E-state index contributed by atoms with van der Waals surface area (Å²) in [4.78, 5) is 2.38. The first-order valence-electron chi connectivity index (χ1n) is 7.42. The second-order valence-electron chi connectivity index (χ2n) is 5.99. The van der Waals surface area contributed by atoms with E-state index in [9.17, 15) is 4.39 Å². The van der Waals surface area contributed by atoms with Gasteiger partial charge >= 0.3 is 0 Å². The minimum Gasteiger partial charge on any atom is -0.311 e. The van der Waals surface area contributed by atoms with Crippen LogP contribution in [0, 0.1) is 11.7 Å². The molecule has 0 aromatic heterocycles. The van der Waals surface area contributed by atoms with Crippen LogP contribution in [0.2, 0.25) is 5.02 Å². The van der Waals surface area contributed by atoms with E-state index in [4.69, 9.17) is 11.6 Å². The molecule has 1 fully saturated rings. The van der Waals surface area contributed by atoms with Crippen LogP contribution in [0.25, 0.3) is 0 Å². The number of hydrogen-bond donors (Lipinski definition) is 1. The van der Waals surface area contributed by atoms with Gasteiger partial charge in [0.1, 0.15) is 5.82 Å². The number of nitrogens with one attached hydrogen (secondary N) is 1. The van der Waals surface area contributed by atoms with E-state index in [1.165, 1.54) is 6.07 Å². The molecule has 0 amide bonds. The lowest BCUT2D eigenvalue weighted by molar-refractivity contribution is 0.102. The second-order valence-corrected chi connectivity index (χ2v) is 6.42. The summed E-state index contributed by atoms with van der Waals surface area (Å²) >= 11 is 5.99. The number of piperazine rings is 1. The zero-order valence-corrected chi connectivity index (χ0v) is 13.3. The molecule has 1 N–H and O–H groups in total. The summed E-state index contributed by atoms with van der Waals surface area (Å²) in [5.74, 6) is 0.420. The third-order valence-corrected chi connectivity index (χ3v) is 4.46. The normalized spacial score (nSPS) is 24.3. The topological polar surface area (TPSA) is 15.3 Å². The van der Waals surface area contributed by atoms with Crippen LogP contribution in [-0.4, -0.2) is 30.1 Å². The Labute approximate surface area is 126 Å². The van der Waals surface area contributed by atoms with Crippen LogP contribution >= 0.6 is 11.6 Å². The third-order valence-electron chi connectivity index (χ3n) is 4.22. The Morgan fingerprint density at radius 2 is 2.20 bits per heavy atom. The molecule has 2 atom stereocenters. The Kier molecular flexibility index (Phi) is 5.42. The van der Waals surface area contributed by atoms with Crippen LogP contribution in [0.4, 0.5) is 4.39 Å². The van der Waals surface area contributed by atoms with Crippen molar-refractivity contribution in [3.8, 4) is 0 Å². The predicted octanol–water partition coefficient (Wildman–Crippen LogP) is 3.69. The lowest BCUT2D eigenvalue weighted by atomic mass is 9.98. The molecule has 0 aliphatic carbocycles. The average Bonchev–Trinajstić information content (AvgIpc) is 2.42. The molecule has 0 saturated carbocycles. The van der Waals surface area contributed by atoms with Crippen molar-refractivity contribution in [2.75, 3.05) is 13.1 Å². The van der Waals surface area contributed by atoms with Gasteiger partial charge in [-0.3, -0.25) is 4.90 Å². The van der Waals surface area contributed by atoms with Gasteiger partial charge in [-0.2, -0.15) is 0 Å². The van der Waals surface area contributed by atoms with Gasteiger partial charge in [-0.25, -0.2) is 4.39 Å². The highest BCUT2D eigenvalue weighted by Crippen LogP contribution is 2.21. The van der Waals surface area contributed by atoms with Crippen molar-refractivity contribution in [2.24, 2.45) is 5.92 Å². The Balaban J connectivity index is 2.13. The maximum atomic E-state index is 13.9. The Morgan fingerprint density at radius 3 is 2.85 bits per heavy atom. The minimum absolute atomic E-state index is 0.163. The molecular formula is C16H24ClFN2. The summed E-state index contributed by atoms with van der Waals surface area (Å²) in [6.07, 6.45) is 1.07.